The first-order chi connectivity index (χ1) is 32.7. The fraction of sp³-hybridized carbons (Fsp3) is 0.475. The molecule has 6 aromatic carbocycles. The van der Waals surface area contributed by atoms with Crippen LogP contribution in [0.15, 0.2) is 109 Å². The maximum Gasteiger partial charge on any atom is 0.494 e. The minimum absolute atomic E-state index is 0. The number of rotatable bonds is 8. The van der Waals surface area contributed by atoms with Gasteiger partial charge < -0.3 is 28.8 Å². The summed E-state index contributed by atoms with van der Waals surface area (Å²) in [7, 11) is 1.88. The van der Waals surface area contributed by atoms with E-state index in [1.807, 2.05) is 26.4 Å². The first-order valence-corrected chi connectivity index (χ1v) is 25.8. The van der Waals surface area contributed by atoms with Crippen molar-refractivity contribution in [3.8, 4) is 33.8 Å². The van der Waals surface area contributed by atoms with E-state index in [0.29, 0.717) is 16.3 Å². The van der Waals surface area contributed by atoms with Crippen molar-refractivity contribution in [2.24, 2.45) is 35.5 Å². The van der Waals surface area contributed by atoms with Crippen LogP contribution >= 0.6 is 0 Å². The van der Waals surface area contributed by atoms with Crippen LogP contribution in [0.1, 0.15) is 123 Å². The SMILES string of the molecule is C.COc1ccc(-c2ccc3cc(B(O)O)ccc3c2)cc1C12CC3CC(CC(C3)C1)C2.COc1ccc(-c2ccc3cc(B4OC(C)(C)C(C)(C)O4)ccc3c2)cc1C12CC3CC(CC(C3)C1)C2. The smallest absolute Gasteiger partial charge is 0.494 e. The van der Waals surface area contributed by atoms with Gasteiger partial charge in [0, 0.05) is 11.1 Å². The lowest BCUT2D eigenvalue weighted by Gasteiger charge is -2.57. The van der Waals surface area contributed by atoms with E-state index in [1.54, 1.807) is 6.07 Å². The van der Waals surface area contributed by atoms with Crippen molar-refractivity contribution in [2.75, 3.05) is 14.2 Å². The van der Waals surface area contributed by atoms with E-state index in [9.17, 15) is 10.0 Å². The fourth-order valence-corrected chi connectivity index (χ4v) is 15.7. The summed E-state index contributed by atoms with van der Waals surface area (Å²) in [6.07, 6.45) is 16.7. The summed E-state index contributed by atoms with van der Waals surface area (Å²) in [5.74, 6) is 7.58. The Morgan fingerprint density at radius 1 is 0.464 bits per heavy atom. The highest BCUT2D eigenvalue weighted by atomic mass is 16.7. The summed E-state index contributed by atoms with van der Waals surface area (Å²) in [5, 5.41) is 23.5. The molecule has 0 atom stereocenters. The molecule has 9 aliphatic rings. The van der Waals surface area contributed by atoms with E-state index >= 15 is 0 Å². The van der Waals surface area contributed by atoms with Gasteiger partial charge in [-0.2, -0.15) is 0 Å². The number of fused-ring (bicyclic) bond motifs is 2. The number of benzene rings is 6. The van der Waals surface area contributed by atoms with Gasteiger partial charge >= 0.3 is 14.2 Å². The Hall–Kier alpha value is -4.59. The van der Waals surface area contributed by atoms with Gasteiger partial charge in [-0.3, -0.25) is 0 Å². The molecule has 1 saturated heterocycles. The average Bonchev–Trinajstić information content (AvgIpc) is 3.55. The van der Waals surface area contributed by atoms with Crippen LogP contribution in [-0.2, 0) is 20.1 Å². The maximum absolute atomic E-state index is 9.46. The van der Waals surface area contributed by atoms with E-state index in [2.05, 4.69) is 119 Å². The van der Waals surface area contributed by atoms with Crippen molar-refractivity contribution in [2.45, 2.75) is 134 Å². The Labute approximate surface area is 411 Å². The Kier molecular flexibility index (Phi) is 11.7. The zero-order valence-electron chi connectivity index (χ0n) is 41.0. The molecule has 6 nitrogen and oxygen atoms in total. The third kappa shape index (κ3) is 8.23. The Morgan fingerprint density at radius 3 is 1.22 bits per heavy atom. The highest BCUT2D eigenvalue weighted by Gasteiger charge is 2.54. The zero-order valence-corrected chi connectivity index (χ0v) is 41.0. The second-order valence-corrected chi connectivity index (χ2v) is 23.8. The third-order valence-electron chi connectivity index (χ3n) is 18.8. The summed E-state index contributed by atoms with van der Waals surface area (Å²) in [6.45, 7) is 8.42. The minimum Gasteiger partial charge on any atom is -0.496 e. The van der Waals surface area contributed by atoms with E-state index < -0.39 is 7.12 Å². The predicted molar refractivity (Wildman–Crippen MR) is 284 cm³/mol. The number of hydrogen-bond donors (Lipinski definition) is 2. The van der Waals surface area contributed by atoms with Crippen molar-refractivity contribution < 1.29 is 28.8 Å². The Balaban J connectivity index is 0.000000151. The molecule has 358 valence electrons. The van der Waals surface area contributed by atoms with E-state index in [1.165, 1.54) is 121 Å². The van der Waals surface area contributed by atoms with Gasteiger partial charge in [-0.05, 0) is 242 Å². The molecule has 6 aromatic rings. The second kappa shape index (κ2) is 17.3. The Morgan fingerprint density at radius 2 is 0.812 bits per heavy atom. The molecule has 0 aromatic heterocycles. The molecule has 1 aliphatic heterocycles. The number of ether oxygens (including phenoxy) is 2. The van der Waals surface area contributed by atoms with Crippen molar-refractivity contribution in [1.29, 1.82) is 0 Å². The van der Waals surface area contributed by atoms with E-state index in [4.69, 9.17) is 18.8 Å². The van der Waals surface area contributed by atoms with Gasteiger partial charge in [0.25, 0.3) is 0 Å². The molecule has 8 bridgehead atoms. The van der Waals surface area contributed by atoms with Gasteiger partial charge in [0.05, 0.1) is 25.4 Å². The molecule has 8 aliphatic carbocycles. The second-order valence-electron chi connectivity index (χ2n) is 23.8. The molecule has 0 unspecified atom stereocenters. The van der Waals surface area contributed by atoms with Crippen LogP contribution < -0.4 is 20.4 Å². The standard InChI is InChI=1S/C33H39BO3.C27H29BO3.CH4/c1-31(2)32(3,4)37-34(36-31)28-10-8-25-15-24(6-7-26(25)16-28)27-9-11-30(35-5)29(17-27)33-18-21-12-22(19-33)14-23(13-21)20-33;1-31-26-7-5-23(20-2-3-22-12-24(28(29)30)6-4-21(22)11-20)13-25(26)27-14-17-8-18(15-27)10-19(9-17)16-27;/h6-11,15-17,21-23H,12-14,18-20H2,1-5H3;2-7,11-13,17-19,29-30H,8-10,14-16H2,1H3;1H4. The van der Waals surface area contributed by atoms with Gasteiger partial charge in [-0.1, -0.05) is 80.2 Å². The molecular formula is C61H72B2O6. The molecule has 8 heteroatoms. The van der Waals surface area contributed by atoms with Gasteiger partial charge in [0.15, 0.2) is 0 Å². The molecule has 0 amide bonds. The van der Waals surface area contributed by atoms with Gasteiger partial charge in [-0.25, -0.2) is 0 Å². The first-order valence-electron chi connectivity index (χ1n) is 25.8. The monoisotopic (exact) mass is 923 g/mol. The van der Waals surface area contributed by atoms with Crippen LogP contribution in [0.2, 0.25) is 0 Å². The molecule has 0 spiro atoms. The molecule has 1 heterocycles. The van der Waals surface area contributed by atoms with Crippen LogP contribution in [0.4, 0.5) is 0 Å². The normalized spacial score (nSPS) is 29.7. The average molecular weight is 923 g/mol. The molecular weight excluding hydrogens is 850 g/mol. The van der Waals surface area contributed by atoms with Gasteiger partial charge in [0.1, 0.15) is 11.5 Å². The van der Waals surface area contributed by atoms with Gasteiger partial charge in [-0.15, -0.1) is 0 Å². The minimum atomic E-state index is -1.44. The summed E-state index contributed by atoms with van der Waals surface area (Å²) in [5.41, 5.74) is 9.41. The van der Waals surface area contributed by atoms with E-state index in [0.717, 1.165) is 63.2 Å². The molecule has 15 rings (SSSR count). The van der Waals surface area contributed by atoms with E-state index in [-0.39, 0.29) is 25.7 Å². The lowest BCUT2D eigenvalue weighted by atomic mass is 9.48. The summed E-state index contributed by atoms with van der Waals surface area (Å²) < 4.78 is 24.4. The summed E-state index contributed by atoms with van der Waals surface area (Å²) in [6, 6.07) is 39.1. The van der Waals surface area contributed by atoms with Crippen LogP contribution in [0.3, 0.4) is 0 Å². The summed E-state index contributed by atoms with van der Waals surface area (Å²) >= 11 is 0. The topological polar surface area (TPSA) is 77.4 Å². The largest absolute Gasteiger partial charge is 0.496 e. The Bertz CT molecular complexity index is 2830. The molecule has 69 heavy (non-hydrogen) atoms. The van der Waals surface area contributed by atoms with Crippen LogP contribution in [0.5, 0.6) is 11.5 Å². The van der Waals surface area contributed by atoms with Crippen LogP contribution in [-0.4, -0.2) is 49.7 Å². The molecule has 2 N–H and O–H groups in total. The molecule has 8 saturated carbocycles. The van der Waals surface area contributed by atoms with Crippen LogP contribution in [0, 0.1) is 35.5 Å². The van der Waals surface area contributed by atoms with Crippen molar-refractivity contribution >= 4 is 46.7 Å². The zero-order chi connectivity index (χ0) is 46.7. The first kappa shape index (κ1) is 46.8. The third-order valence-corrected chi connectivity index (χ3v) is 18.8. The van der Waals surface area contributed by atoms with Crippen molar-refractivity contribution in [3.63, 3.8) is 0 Å². The number of hydrogen-bond acceptors (Lipinski definition) is 6. The fourth-order valence-electron chi connectivity index (χ4n) is 15.7. The van der Waals surface area contributed by atoms with Crippen molar-refractivity contribution in [3.05, 3.63) is 120 Å². The van der Waals surface area contributed by atoms with Crippen molar-refractivity contribution in [1.82, 2.24) is 0 Å². The maximum atomic E-state index is 9.46. The predicted octanol–water partition coefficient (Wildman–Crippen LogP) is 12.6. The highest BCUT2D eigenvalue weighted by Crippen LogP contribution is 2.63. The lowest BCUT2D eigenvalue weighted by Crippen LogP contribution is -2.48. The van der Waals surface area contributed by atoms with Crippen LogP contribution in [0.25, 0.3) is 43.8 Å². The van der Waals surface area contributed by atoms with Gasteiger partial charge in [0.2, 0.25) is 0 Å². The molecule has 0 radical (unpaired) electrons. The lowest BCUT2D eigenvalue weighted by molar-refractivity contribution is -0.00627. The number of methoxy groups -OCH3 is 2. The quantitative estimate of drug-likeness (QED) is 0.148. The summed E-state index contributed by atoms with van der Waals surface area (Å²) in [4.78, 5) is 0. The highest BCUT2D eigenvalue weighted by molar-refractivity contribution is 6.62. The molecule has 9 fully saturated rings.